The third-order valence-corrected chi connectivity index (χ3v) is 6.51. The summed E-state index contributed by atoms with van der Waals surface area (Å²) in [5.74, 6) is 2.47. The Labute approximate surface area is 209 Å². The second kappa shape index (κ2) is 11.1. The lowest BCUT2D eigenvalue weighted by molar-refractivity contribution is -0.127. The summed E-state index contributed by atoms with van der Waals surface area (Å²) in [5, 5.41) is 9.46. The van der Waals surface area contributed by atoms with Gasteiger partial charge in [-0.15, -0.1) is 10.2 Å². The van der Waals surface area contributed by atoms with E-state index in [9.17, 15) is 4.79 Å². The second-order valence-corrected chi connectivity index (χ2v) is 9.25. The lowest BCUT2D eigenvalue weighted by atomic mass is 10.2. The fourth-order valence-electron chi connectivity index (χ4n) is 3.57. The summed E-state index contributed by atoms with van der Waals surface area (Å²) in [5.41, 5.74) is 3.08. The highest BCUT2D eigenvalue weighted by Crippen LogP contribution is 2.28. The minimum Gasteiger partial charge on any atom is -0.497 e. The molecule has 0 N–H and O–H groups in total. The number of aromatic nitrogens is 3. The lowest BCUT2D eigenvalue weighted by Crippen LogP contribution is -2.28. The molecular formula is C26H29N5O3S. The largest absolute Gasteiger partial charge is 0.497 e. The van der Waals surface area contributed by atoms with Gasteiger partial charge in [-0.2, -0.15) is 0 Å². The molecule has 4 aromatic rings. The molecule has 2 aromatic heterocycles. The summed E-state index contributed by atoms with van der Waals surface area (Å²) in [6, 6.07) is 19.6. The van der Waals surface area contributed by atoms with Crippen LogP contribution in [0.1, 0.15) is 11.3 Å². The number of amides is 1. The number of hydrogen-bond acceptors (Lipinski definition) is 7. The summed E-state index contributed by atoms with van der Waals surface area (Å²) in [6.45, 7) is 0.998. The first kappa shape index (κ1) is 24.4. The van der Waals surface area contributed by atoms with Gasteiger partial charge in [0, 0.05) is 38.9 Å². The average molecular weight is 492 g/mol. The molecule has 0 aliphatic rings. The smallest absolute Gasteiger partial charge is 0.233 e. The first-order valence-electron chi connectivity index (χ1n) is 11.2. The standard InChI is InChI=1S/C26H29N5O3S/c1-29(2)21-12-10-19(11-13-21)16-30(3)24(32)18-35-26-28-27-25(20-7-5-8-22(15-20)33-4)31(26)17-23-9-6-14-34-23/h5-15H,16-18H2,1-4H3. The number of ether oxygens (including phenoxy) is 1. The van der Waals surface area contributed by atoms with Crippen molar-refractivity contribution in [2.45, 2.75) is 18.2 Å². The highest BCUT2D eigenvalue weighted by molar-refractivity contribution is 7.99. The van der Waals surface area contributed by atoms with Crippen molar-refractivity contribution >= 4 is 23.4 Å². The van der Waals surface area contributed by atoms with Crippen molar-refractivity contribution in [3.8, 4) is 17.1 Å². The molecule has 9 heteroatoms. The Morgan fingerprint density at radius 1 is 1.06 bits per heavy atom. The van der Waals surface area contributed by atoms with E-state index in [1.807, 2.05) is 79.1 Å². The summed E-state index contributed by atoms with van der Waals surface area (Å²) in [4.78, 5) is 16.7. The van der Waals surface area contributed by atoms with Gasteiger partial charge in [-0.05, 0) is 42.0 Å². The van der Waals surface area contributed by atoms with Crippen molar-refractivity contribution < 1.29 is 13.9 Å². The van der Waals surface area contributed by atoms with E-state index in [1.165, 1.54) is 11.8 Å². The molecule has 0 saturated carbocycles. The van der Waals surface area contributed by atoms with E-state index >= 15 is 0 Å². The molecule has 2 heterocycles. The molecule has 1 amide bonds. The van der Waals surface area contributed by atoms with E-state index in [0.717, 1.165) is 28.3 Å². The van der Waals surface area contributed by atoms with E-state index in [0.29, 0.717) is 24.1 Å². The monoisotopic (exact) mass is 491 g/mol. The first-order chi connectivity index (χ1) is 16.9. The molecule has 0 spiro atoms. The molecule has 182 valence electrons. The van der Waals surface area contributed by atoms with Crippen molar-refractivity contribution in [2.24, 2.45) is 0 Å². The van der Waals surface area contributed by atoms with Gasteiger partial charge in [0.1, 0.15) is 11.5 Å². The quantitative estimate of drug-likeness (QED) is 0.304. The molecular weight excluding hydrogens is 462 g/mol. The van der Waals surface area contributed by atoms with Crippen LogP contribution in [0.15, 0.2) is 76.5 Å². The fourth-order valence-corrected chi connectivity index (χ4v) is 4.45. The highest BCUT2D eigenvalue weighted by atomic mass is 32.2. The Morgan fingerprint density at radius 2 is 1.86 bits per heavy atom. The zero-order chi connectivity index (χ0) is 24.8. The number of thioether (sulfide) groups is 1. The number of rotatable bonds is 10. The maximum Gasteiger partial charge on any atom is 0.233 e. The van der Waals surface area contributed by atoms with Gasteiger partial charge in [0.05, 0.1) is 25.7 Å². The number of benzene rings is 2. The summed E-state index contributed by atoms with van der Waals surface area (Å²) < 4.78 is 12.9. The van der Waals surface area contributed by atoms with Gasteiger partial charge in [0.25, 0.3) is 0 Å². The van der Waals surface area contributed by atoms with Crippen LogP contribution in [0.25, 0.3) is 11.4 Å². The highest BCUT2D eigenvalue weighted by Gasteiger charge is 2.19. The van der Waals surface area contributed by atoms with Crippen LogP contribution in [0, 0.1) is 0 Å². The Bertz CT molecular complexity index is 1250. The van der Waals surface area contributed by atoms with Crippen LogP contribution < -0.4 is 9.64 Å². The van der Waals surface area contributed by atoms with Crippen LogP contribution in [-0.4, -0.2) is 59.6 Å². The van der Waals surface area contributed by atoms with Crippen LogP contribution in [0.5, 0.6) is 5.75 Å². The lowest BCUT2D eigenvalue weighted by Gasteiger charge is -2.18. The van der Waals surface area contributed by atoms with E-state index < -0.39 is 0 Å². The Kier molecular flexibility index (Phi) is 7.77. The summed E-state index contributed by atoms with van der Waals surface area (Å²) in [6.07, 6.45) is 1.64. The summed E-state index contributed by atoms with van der Waals surface area (Å²) >= 11 is 1.37. The van der Waals surface area contributed by atoms with E-state index in [2.05, 4.69) is 22.3 Å². The van der Waals surface area contributed by atoms with Gasteiger partial charge >= 0.3 is 0 Å². The van der Waals surface area contributed by atoms with Crippen molar-refractivity contribution in [3.63, 3.8) is 0 Å². The third kappa shape index (κ3) is 6.05. The molecule has 2 aromatic carbocycles. The molecule has 0 atom stereocenters. The van der Waals surface area contributed by atoms with Crippen molar-refractivity contribution in [1.29, 1.82) is 0 Å². The minimum absolute atomic E-state index is 0.0159. The van der Waals surface area contributed by atoms with Crippen molar-refractivity contribution in [3.05, 3.63) is 78.3 Å². The molecule has 8 nitrogen and oxygen atoms in total. The van der Waals surface area contributed by atoms with Gasteiger partial charge in [-0.3, -0.25) is 9.36 Å². The molecule has 0 aliphatic heterocycles. The molecule has 0 unspecified atom stereocenters. The third-order valence-electron chi connectivity index (χ3n) is 5.56. The van der Waals surface area contributed by atoms with Crippen LogP contribution in [0.2, 0.25) is 0 Å². The predicted molar refractivity (Wildman–Crippen MR) is 138 cm³/mol. The maximum absolute atomic E-state index is 12.9. The SMILES string of the molecule is COc1cccc(-c2nnc(SCC(=O)N(C)Cc3ccc(N(C)C)cc3)n2Cc2ccco2)c1. The van der Waals surface area contributed by atoms with Crippen molar-refractivity contribution in [2.75, 3.05) is 38.9 Å². The Hall–Kier alpha value is -3.72. The van der Waals surface area contributed by atoms with Gasteiger partial charge in [-0.1, -0.05) is 36.0 Å². The number of furan rings is 1. The van der Waals surface area contributed by atoms with Crippen LogP contribution >= 0.6 is 11.8 Å². The number of anilines is 1. The minimum atomic E-state index is 0.0159. The fraction of sp³-hybridized carbons (Fsp3) is 0.269. The predicted octanol–water partition coefficient (Wildman–Crippen LogP) is 4.41. The average Bonchev–Trinajstić information content (AvgIpc) is 3.53. The molecule has 0 radical (unpaired) electrons. The number of carbonyl (C=O) groups excluding carboxylic acids is 1. The van der Waals surface area contributed by atoms with Crippen LogP contribution in [0.4, 0.5) is 5.69 Å². The normalized spacial score (nSPS) is 10.9. The first-order valence-corrected chi connectivity index (χ1v) is 12.2. The van der Waals surface area contributed by atoms with Crippen molar-refractivity contribution in [1.82, 2.24) is 19.7 Å². The number of methoxy groups -OCH3 is 1. The van der Waals surface area contributed by atoms with Gasteiger partial charge in [-0.25, -0.2) is 0 Å². The molecule has 0 fully saturated rings. The number of hydrogen-bond donors (Lipinski definition) is 0. The van der Waals surface area contributed by atoms with E-state index in [4.69, 9.17) is 9.15 Å². The van der Waals surface area contributed by atoms with Crippen LogP contribution in [0.3, 0.4) is 0 Å². The molecule has 35 heavy (non-hydrogen) atoms. The number of nitrogens with zero attached hydrogens (tertiary/aromatic N) is 5. The molecule has 0 saturated heterocycles. The van der Waals surface area contributed by atoms with E-state index in [1.54, 1.807) is 18.3 Å². The Balaban J connectivity index is 1.48. The molecule has 0 bridgehead atoms. The van der Waals surface area contributed by atoms with Gasteiger partial charge < -0.3 is 19.0 Å². The van der Waals surface area contributed by atoms with Gasteiger partial charge in [0.2, 0.25) is 5.91 Å². The number of carbonyl (C=O) groups is 1. The van der Waals surface area contributed by atoms with Crippen LogP contribution in [-0.2, 0) is 17.9 Å². The maximum atomic E-state index is 12.9. The molecule has 0 aliphatic carbocycles. The summed E-state index contributed by atoms with van der Waals surface area (Å²) in [7, 11) is 7.46. The zero-order valence-electron chi connectivity index (χ0n) is 20.3. The Morgan fingerprint density at radius 3 is 2.54 bits per heavy atom. The molecule has 4 rings (SSSR count). The van der Waals surface area contributed by atoms with Gasteiger partial charge in [0.15, 0.2) is 11.0 Å². The van der Waals surface area contributed by atoms with E-state index in [-0.39, 0.29) is 11.7 Å². The topological polar surface area (TPSA) is 76.6 Å². The zero-order valence-corrected chi connectivity index (χ0v) is 21.2. The second-order valence-electron chi connectivity index (χ2n) is 8.30.